The number of benzene rings is 1. The molecule has 0 saturated heterocycles. The number of aromatic nitrogens is 3. The second-order valence-electron chi connectivity index (χ2n) is 5.46. The van der Waals surface area contributed by atoms with E-state index in [1.54, 1.807) is 24.5 Å². The van der Waals surface area contributed by atoms with E-state index < -0.39 is 11.7 Å². The number of aliphatic hydroxyl groups excluding tert-OH is 1. The molecule has 0 atom stereocenters. The number of rotatable bonds is 2. The van der Waals surface area contributed by atoms with Crippen LogP contribution in [0.5, 0.6) is 0 Å². The highest BCUT2D eigenvalue weighted by Crippen LogP contribution is 2.30. The number of amides is 1. The summed E-state index contributed by atoms with van der Waals surface area (Å²) < 4.78 is 15.6. The smallest absolute Gasteiger partial charge is 0.262 e. The molecule has 0 unspecified atom stereocenters. The van der Waals surface area contributed by atoms with Crippen LogP contribution in [0.25, 0.3) is 16.6 Å². The van der Waals surface area contributed by atoms with Crippen molar-refractivity contribution in [3.63, 3.8) is 0 Å². The van der Waals surface area contributed by atoms with Gasteiger partial charge in [0.2, 0.25) is 0 Å². The van der Waals surface area contributed by atoms with Gasteiger partial charge in [0.1, 0.15) is 28.5 Å². The molecule has 1 aliphatic heterocycles. The predicted octanol–water partition coefficient (Wildman–Crippen LogP) is 2.88. The van der Waals surface area contributed by atoms with Crippen LogP contribution in [0.1, 0.15) is 12.2 Å². The number of nitrogens with zero attached hydrogens (tertiary/aromatic N) is 3. The molecule has 0 aliphatic carbocycles. The van der Waals surface area contributed by atoms with Gasteiger partial charge in [0.25, 0.3) is 5.91 Å². The van der Waals surface area contributed by atoms with Crippen molar-refractivity contribution in [2.24, 2.45) is 0 Å². The van der Waals surface area contributed by atoms with Crippen LogP contribution in [0.15, 0.2) is 48.5 Å². The van der Waals surface area contributed by atoms with Crippen molar-refractivity contribution in [1.29, 1.82) is 0 Å². The lowest BCUT2D eigenvalue weighted by Crippen LogP contribution is -2.22. The number of allylic oxidation sites excluding steroid dienone is 1. The summed E-state index contributed by atoms with van der Waals surface area (Å²) in [5.41, 5.74) is 1.58. The summed E-state index contributed by atoms with van der Waals surface area (Å²) in [6.45, 7) is 0.512. The van der Waals surface area contributed by atoms with Crippen molar-refractivity contribution < 1.29 is 14.3 Å². The third kappa shape index (κ3) is 2.21. The average molecular weight is 324 g/mol. The summed E-state index contributed by atoms with van der Waals surface area (Å²) in [6.07, 6.45) is 3.56. The third-order valence-electron chi connectivity index (χ3n) is 3.98. The minimum Gasteiger partial charge on any atom is -0.511 e. The molecular formula is C17H13FN4O2. The van der Waals surface area contributed by atoms with Gasteiger partial charge in [0.05, 0.1) is 17.4 Å². The molecular weight excluding hydrogens is 311 g/mol. The first-order valence-corrected chi connectivity index (χ1v) is 7.44. The molecule has 0 bridgehead atoms. The summed E-state index contributed by atoms with van der Waals surface area (Å²) in [4.78, 5) is 21.0. The standard InChI is InChI=1S/C17H13FN4O2/c18-10-3-1-2-4-11(10)21-17(24)15-14(23)6-8-22-13-5-7-19-9-12(13)20-16(15)22/h1-5,7,9,23H,6,8H2,(H,21,24). The quantitative estimate of drug-likeness (QED) is 0.759. The van der Waals surface area contributed by atoms with Crippen LogP contribution in [0.4, 0.5) is 10.1 Å². The SMILES string of the molecule is O=C(Nc1ccccc1F)C1=C(O)CCn2c1nc1cnccc12. The topological polar surface area (TPSA) is 80.0 Å². The first kappa shape index (κ1) is 14.4. The van der Waals surface area contributed by atoms with Crippen molar-refractivity contribution in [3.8, 4) is 0 Å². The normalized spacial score (nSPS) is 13.9. The van der Waals surface area contributed by atoms with Gasteiger partial charge in [-0.1, -0.05) is 12.1 Å². The first-order valence-electron chi connectivity index (χ1n) is 7.44. The highest BCUT2D eigenvalue weighted by Gasteiger charge is 2.28. The van der Waals surface area contributed by atoms with Crippen molar-refractivity contribution >= 4 is 28.2 Å². The molecule has 0 spiro atoms. The van der Waals surface area contributed by atoms with E-state index in [0.717, 1.165) is 5.52 Å². The molecule has 4 rings (SSSR count). The first-order chi connectivity index (χ1) is 11.6. The summed E-state index contributed by atoms with van der Waals surface area (Å²) in [7, 11) is 0. The van der Waals surface area contributed by atoms with Crippen LogP contribution >= 0.6 is 0 Å². The largest absolute Gasteiger partial charge is 0.511 e. The molecule has 6 nitrogen and oxygen atoms in total. The van der Waals surface area contributed by atoms with Crippen LogP contribution < -0.4 is 5.32 Å². The number of anilines is 1. The lowest BCUT2D eigenvalue weighted by Gasteiger charge is -2.18. The van der Waals surface area contributed by atoms with E-state index >= 15 is 0 Å². The van der Waals surface area contributed by atoms with E-state index in [-0.39, 0.29) is 17.0 Å². The van der Waals surface area contributed by atoms with Gasteiger partial charge < -0.3 is 15.0 Å². The summed E-state index contributed by atoms with van der Waals surface area (Å²) in [5, 5.41) is 12.7. The Hall–Kier alpha value is -3.22. The number of carbonyl (C=O) groups excluding carboxylic acids is 1. The van der Waals surface area contributed by atoms with Gasteiger partial charge in [-0.2, -0.15) is 0 Å². The Kier molecular flexibility index (Phi) is 3.26. The summed E-state index contributed by atoms with van der Waals surface area (Å²) in [5.74, 6) is -0.837. The zero-order valence-corrected chi connectivity index (χ0v) is 12.5. The number of pyridine rings is 1. The van der Waals surface area contributed by atoms with Crippen molar-refractivity contribution in [1.82, 2.24) is 14.5 Å². The Morgan fingerprint density at radius 2 is 2.12 bits per heavy atom. The molecule has 1 aliphatic rings. The Morgan fingerprint density at radius 1 is 1.29 bits per heavy atom. The van der Waals surface area contributed by atoms with Crippen molar-refractivity contribution in [3.05, 3.63) is 60.1 Å². The third-order valence-corrected chi connectivity index (χ3v) is 3.98. The van der Waals surface area contributed by atoms with Crippen molar-refractivity contribution in [2.45, 2.75) is 13.0 Å². The molecule has 7 heteroatoms. The molecule has 3 heterocycles. The van der Waals surface area contributed by atoms with E-state index in [1.165, 1.54) is 18.2 Å². The number of fused-ring (bicyclic) bond motifs is 3. The average Bonchev–Trinajstić information content (AvgIpc) is 2.95. The number of hydrogen-bond acceptors (Lipinski definition) is 4. The van der Waals surface area contributed by atoms with Gasteiger partial charge in [-0.05, 0) is 18.2 Å². The Labute approximate surface area is 136 Å². The van der Waals surface area contributed by atoms with Crippen LogP contribution in [0.2, 0.25) is 0 Å². The van der Waals surface area contributed by atoms with Gasteiger partial charge in [-0.25, -0.2) is 9.37 Å². The van der Waals surface area contributed by atoms with Crippen LogP contribution in [-0.2, 0) is 11.3 Å². The number of aryl methyl sites for hydroxylation is 1. The second kappa shape index (κ2) is 5.45. The van der Waals surface area contributed by atoms with E-state index in [0.29, 0.717) is 24.3 Å². The second-order valence-corrected chi connectivity index (χ2v) is 5.46. The van der Waals surface area contributed by atoms with Crippen LogP contribution in [-0.4, -0.2) is 25.5 Å². The number of halogens is 1. The molecule has 0 fully saturated rings. The molecule has 1 amide bonds. The fourth-order valence-corrected chi connectivity index (χ4v) is 2.85. The lowest BCUT2D eigenvalue weighted by molar-refractivity contribution is -0.111. The monoisotopic (exact) mass is 324 g/mol. The number of para-hydroxylation sites is 1. The fourth-order valence-electron chi connectivity index (χ4n) is 2.85. The molecule has 1 aromatic carbocycles. The molecule has 120 valence electrons. The summed E-state index contributed by atoms with van der Waals surface area (Å²) in [6, 6.07) is 7.68. The molecule has 2 N–H and O–H groups in total. The number of imidazole rings is 1. The highest BCUT2D eigenvalue weighted by molar-refractivity contribution is 6.25. The van der Waals surface area contributed by atoms with Gasteiger partial charge in [0, 0.05) is 19.2 Å². The highest BCUT2D eigenvalue weighted by atomic mass is 19.1. The minimum absolute atomic E-state index is 0.0534. The maximum atomic E-state index is 13.8. The van der Waals surface area contributed by atoms with Crippen LogP contribution in [0.3, 0.4) is 0 Å². The predicted molar refractivity (Wildman–Crippen MR) is 86.7 cm³/mol. The Balaban J connectivity index is 1.78. The van der Waals surface area contributed by atoms with E-state index in [4.69, 9.17) is 0 Å². The zero-order valence-electron chi connectivity index (χ0n) is 12.5. The maximum absolute atomic E-state index is 13.8. The van der Waals surface area contributed by atoms with Gasteiger partial charge in [0.15, 0.2) is 0 Å². The zero-order chi connectivity index (χ0) is 16.7. The number of nitrogens with one attached hydrogen (secondary N) is 1. The molecule has 2 aromatic heterocycles. The van der Waals surface area contributed by atoms with Gasteiger partial charge >= 0.3 is 0 Å². The minimum atomic E-state index is -0.596. The van der Waals surface area contributed by atoms with E-state index in [2.05, 4.69) is 15.3 Å². The Bertz CT molecular complexity index is 993. The number of carbonyl (C=O) groups is 1. The van der Waals surface area contributed by atoms with E-state index in [1.807, 2.05) is 4.57 Å². The lowest BCUT2D eigenvalue weighted by atomic mass is 10.1. The molecule has 24 heavy (non-hydrogen) atoms. The van der Waals surface area contributed by atoms with Gasteiger partial charge in [-0.15, -0.1) is 0 Å². The fraction of sp³-hybridized carbons (Fsp3) is 0.118. The number of aliphatic hydroxyl groups is 1. The molecule has 0 saturated carbocycles. The molecule has 0 radical (unpaired) electrons. The maximum Gasteiger partial charge on any atom is 0.262 e. The Morgan fingerprint density at radius 3 is 2.96 bits per heavy atom. The summed E-state index contributed by atoms with van der Waals surface area (Å²) >= 11 is 0. The van der Waals surface area contributed by atoms with Crippen LogP contribution in [0, 0.1) is 5.82 Å². The van der Waals surface area contributed by atoms with Gasteiger partial charge in [-0.3, -0.25) is 9.78 Å². The molecule has 3 aromatic rings. The van der Waals surface area contributed by atoms with E-state index in [9.17, 15) is 14.3 Å². The number of hydrogen-bond donors (Lipinski definition) is 2. The van der Waals surface area contributed by atoms with Crippen molar-refractivity contribution in [2.75, 3.05) is 5.32 Å².